The fourth-order valence-corrected chi connectivity index (χ4v) is 0. The molecule has 0 saturated heterocycles. The molecule has 2 heteroatoms. The molecule has 0 unspecified atom stereocenters. The molecular weight excluding hydrogens is 87.1 g/mol. The van der Waals surface area contributed by atoms with Gasteiger partial charge in [0.05, 0.1) is 0 Å². The first-order valence-corrected chi connectivity index (χ1v) is 4.48. The summed E-state index contributed by atoms with van der Waals surface area (Å²) in [5, 5.41) is 0. The van der Waals surface area contributed by atoms with Crippen LogP contribution < -0.4 is 0 Å². The third-order valence-corrected chi connectivity index (χ3v) is 0. The Morgan fingerprint density at radius 1 is 1.50 bits per heavy atom. The van der Waals surface area contributed by atoms with Gasteiger partial charge in [0.2, 0.25) is 0 Å². The first-order chi connectivity index (χ1) is 1.73. The van der Waals surface area contributed by atoms with Gasteiger partial charge in [0.25, 0.3) is 0 Å². The van der Waals surface area contributed by atoms with Crippen LogP contribution in [-0.2, 0) is 0 Å². The van der Waals surface area contributed by atoms with E-state index < -0.39 is 0 Å². The molecule has 0 rings (SSSR count). The minimum atomic E-state index is 0.0741. The van der Waals surface area contributed by atoms with Crippen LogP contribution in [0.2, 0.25) is 0 Å². The van der Waals surface area contributed by atoms with E-state index in [0.717, 1.165) is 0 Å². The number of thiol groups is 1. The van der Waals surface area contributed by atoms with Crippen LogP contribution in [0.15, 0.2) is 0 Å². The fourth-order valence-electron chi connectivity index (χ4n) is 0. The molecule has 0 fully saturated rings. The van der Waals surface area contributed by atoms with Crippen LogP contribution in [0.1, 0.15) is 0 Å². The summed E-state index contributed by atoms with van der Waals surface area (Å²) in [7, 11) is 4.10. The SMILES string of the molecule is C[SH](C)#P. The van der Waals surface area contributed by atoms with Gasteiger partial charge < -0.3 is 0 Å². The summed E-state index contributed by atoms with van der Waals surface area (Å²) in [6.07, 6.45) is 4.19. The summed E-state index contributed by atoms with van der Waals surface area (Å²) < 4.78 is 0. The molecule has 0 atom stereocenters. The Bertz CT molecular complexity index is 52.2. The van der Waals surface area contributed by atoms with Crippen molar-refractivity contribution >= 4 is 17.7 Å². The molecule has 0 aliphatic heterocycles. The molecule has 0 aromatic heterocycles. The van der Waals surface area contributed by atoms with Crippen LogP contribution in [0.25, 0.3) is 0 Å². The molecule has 0 N–H and O–H groups in total. The molecular formula is C2H7PS. The van der Waals surface area contributed by atoms with E-state index in [0.29, 0.717) is 0 Å². The molecule has 0 saturated carbocycles. The van der Waals surface area contributed by atoms with Gasteiger partial charge in [-0.15, -0.1) is 0 Å². The standard InChI is InChI=1S/C2H7PS/c1-4(2)3/h4H,1-2H3. The maximum atomic E-state index is 4.03. The van der Waals surface area contributed by atoms with Crippen molar-refractivity contribution < 1.29 is 0 Å². The van der Waals surface area contributed by atoms with Gasteiger partial charge in [0.15, 0.2) is 0 Å². The second kappa shape index (κ2) is 2.04. The Morgan fingerprint density at radius 3 is 1.50 bits per heavy atom. The van der Waals surface area contributed by atoms with Crippen molar-refractivity contribution in [1.82, 2.24) is 0 Å². The van der Waals surface area contributed by atoms with Gasteiger partial charge in [-0.2, -0.15) is 0 Å². The van der Waals surface area contributed by atoms with Gasteiger partial charge >= 0.3 is 30.2 Å². The van der Waals surface area contributed by atoms with E-state index in [9.17, 15) is 0 Å². The van der Waals surface area contributed by atoms with Gasteiger partial charge in [-0.05, 0) is 0 Å². The molecule has 0 heterocycles. The summed E-state index contributed by atoms with van der Waals surface area (Å²) in [5.74, 6) is 0. The van der Waals surface area contributed by atoms with Crippen molar-refractivity contribution in [2.24, 2.45) is 0 Å². The summed E-state index contributed by atoms with van der Waals surface area (Å²) in [4.78, 5) is 0. The summed E-state index contributed by atoms with van der Waals surface area (Å²) >= 11 is 0. The van der Waals surface area contributed by atoms with E-state index in [2.05, 4.69) is 20.3 Å². The van der Waals surface area contributed by atoms with Crippen LogP contribution in [0, 0.1) is 0 Å². The zero-order chi connectivity index (χ0) is 3.58. The Balaban J connectivity index is 3.02. The van der Waals surface area contributed by atoms with E-state index in [4.69, 9.17) is 0 Å². The minimum absolute atomic E-state index is 0.0741. The molecule has 26 valence electrons. The summed E-state index contributed by atoms with van der Waals surface area (Å²) in [5.41, 5.74) is 0. The molecule has 0 aliphatic rings. The number of rotatable bonds is 0. The van der Waals surface area contributed by atoms with Crippen molar-refractivity contribution in [2.75, 3.05) is 12.5 Å². The molecule has 0 spiro atoms. The maximum absolute atomic E-state index is 4.03. The average molecular weight is 94.1 g/mol. The van der Waals surface area contributed by atoms with Gasteiger partial charge in [0, 0.05) is 0 Å². The zero-order valence-corrected chi connectivity index (χ0v) is 4.68. The molecule has 0 bridgehead atoms. The van der Waals surface area contributed by atoms with E-state index in [-0.39, 0.29) is 9.87 Å². The predicted molar refractivity (Wildman–Crippen MR) is 27.8 cm³/mol. The first kappa shape index (κ1) is 4.78. The molecule has 0 aliphatic carbocycles. The third kappa shape index (κ3) is 14.5. The van der Waals surface area contributed by atoms with Crippen LogP contribution in [0.4, 0.5) is 0 Å². The van der Waals surface area contributed by atoms with Crippen molar-refractivity contribution in [2.45, 2.75) is 0 Å². The predicted octanol–water partition coefficient (Wildman–Crippen LogP) is 1.57. The Labute approximate surface area is 31.0 Å². The molecule has 0 aromatic carbocycles. The van der Waals surface area contributed by atoms with Crippen LogP contribution in [0.5, 0.6) is 0 Å². The monoisotopic (exact) mass is 94.0 g/mol. The first-order valence-electron chi connectivity index (χ1n) is 1.09. The summed E-state index contributed by atoms with van der Waals surface area (Å²) in [6.45, 7) is 0. The number of hydrogen-bond donors (Lipinski definition) is 1. The topological polar surface area (TPSA) is 0 Å². The van der Waals surface area contributed by atoms with Crippen molar-refractivity contribution in [3.63, 3.8) is 0 Å². The molecule has 0 amide bonds. The molecule has 4 heavy (non-hydrogen) atoms. The van der Waals surface area contributed by atoms with E-state index in [1.54, 1.807) is 0 Å². The normalized spacial score (nSPS) is 8.50. The molecule has 0 nitrogen and oxygen atoms in total. The Hall–Kier alpha value is 0.780. The van der Waals surface area contributed by atoms with Crippen LogP contribution in [-0.4, -0.2) is 12.5 Å². The number of hydrogen-bond acceptors (Lipinski definition) is 0. The third-order valence-electron chi connectivity index (χ3n) is 0. The van der Waals surface area contributed by atoms with Gasteiger partial charge in [-0.1, -0.05) is 0 Å². The van der Waals surface area contributed by atoms with E-state index in [1.807, 2.05) is 0 Å². The van der Waals surface area contributed by atoms with Crippen LogP contribution >= 0.6 is 17.7 Å². The van der Waals surface area contributed by atoms with Gasteiger partial charge in [-0.3, -0.25) is 0 Å². The second-order valence-corrected chi connectivity index (χ2v) is 4.94. The zero-order valence-electron chi connectivity index (χ0n) is 2.89. The van der Waals surface area contributed by atoms with Crippen LogP contribution in [0.3, 0.4) is 0 Å². The van der Waals surface area contributed by atoms with Crippen molar-refractivity contribution in [3.05, 3.63) is 0 Å². The second-order valence-electron chi connectivity index (χ2n) is 0.847. The summed E-state index contributed by atoms with van der Waals surface area (Å²) in [6, 6.07) is 0. The molecule has 0 radical (unpaired) electrons. The Kier molecular flexibility index (Phi) is 2.44. The fraction of sp³-hybridized carbons (Fsp3) is 1.00. The van der Waals surface area contributed by atoms with Gasteiger partial charge in [0.1, 0.15) is 0 Å². The molecule has 0 aromatic rings. The Morgan fingerprint density at radius 2 is 1.50 bits per heavy atom. The van der Waals surface area contributed by atoms with Crippen molar-refractivity contribution in [1.29, 1.82) is 0 Å². The van der Waals surface area contributed by atoms with Gasteiger partial charge in [-0.25, -0.2) is 0 Å². The van der Waals surface area contributed by atoms with Crippen molar-refractivity contribution in [3.8, 4) is 0 Å². The average Bonchev–Trinajstić information content (AvgIpc) is 0.811. The van der Waals surface area contributed by atoms with E-state index in [1.165, 1.54) is 0 Å². The van der Waals surface area contributed by atoms with E-state index >= 15 is 0 Å². The quantitative estimate of drug-likeness (QED) is 0.342.